The van der Waals surface area contributed by atoms with Crippen molar-refractivity contribution in [1.82, 2.24) is 15.5 Å². The number of hydrogen-bond acceptors (Lipinski definition) is 4. The summed E-state index contributed by atoms with van der Waals surface area (Å²) in [6.45, 7) is 8.68. The molecule has 1 rings (SSSR count). The molecular weight excluding hydrogens is 242 g/mol. The lowest BCUT2D eigenvalue weighted by molar-refractivity contribution is 0.387. The number of aromatic nitrogens is 2. The number of rotatable bonds is 7. The first-order valence-electron chi connectivity index (χ1n) is 6.83. The van der Waals surface area contributed by atoms with Gasteiger partial charge < -0.3 is 15.6 Å². The molecule has 0 saturated carbocycles. The molecule has 0 aliphatic rings. The average Bonchev–Trinajstić information content (AvgIpc) is 2.72. The molecule has 0 radical (unpaired) electrons. The second-order valence-electron chi connectivity index (χ2n) is 5.30. The zero-order valence-electron chi connectivity index (χ0n) is 12.3. The predicted octanol–water partition coefficient (Wildman–Crippen LogP) is 2.00. The number of nitrogens with two attached hydrogens (primary N) is 1. The minimum atomic E-state index is 0.328. The molecule has 1 atom stereocenters. The smallest absolute Gasteiger partial charge is 0.223 e. The summed E-state index contributed by atoms with van der Waals surface area (Å²) < 4.78 is 4.86. The molecule has 0 aliphatic carbocycles. The molecule has 1 aromatic rings. The summed E-state index contributed by atoms with van der Waals surface area (Å²) in [5.74, 6) is 2.27. The van der Waals surface area contributed by atoms with E-state index in [-0.39, 0.29) is 0 Å². The Morgan fingerprint density at radius 3 is 2.68 bits per heavy atom. The highest BCUT2D eigenvalue weighted by atomic mass is 16.5. The number of nitrogens with zero attached hydrogens (tertiary/aromatic N) is 3. The lowest BCUT2D eigenvalue weighted by Gasteiger charge is -2.14. The molecule has 0 spiro atoms. The van der Waals surface area contributed by atoms with Crippen molar-refractivity contribution in [3.63, 3.8) is 0 Å². The van der Waals surface area contributed by atoms with Gasteiger partial charge in [0.05, 0.1) is 0 Å². The first-order valence-corrected chi connectivity index (χ1v) is 6.83. The van der Waals surface area contributed by atoms with Crippen LogP contribution in [0.25, 0.3) is 0 Å². The molecule has 6 nitrogen and oxygen atoms in total. The summed E-state index contributed by atoms with van der Waals surface area (Å²) in [6.07, 6.45) is 3.53. The van der Waals surface area contributed by atoms with E-state index in [4.69, 9.17) is 10.3 Å². The molecule has 1 aromatic heterocycles. The minimum Gasteiger partial charge on any atom is -0.370 e. The SMILES string of the molecule is Cc1nc(CN=C(N)NC(C)CCCC(C)C)no1. The van der Waals surface area contributed by atoms with E-state index in [0.717, 1.165) is 12.3 Å². The van der Waals surface area contributed by atoms with Crippen LogP contribution in [0.15, 0.2) is 9.52 Å². The molecule has 0 aromatic carbocycles. The Kier molecular flexibility index (Phi) is 6.32. The molecule has 0 amide bonds. The quantitative estimate of drug-likeness (QED) is 0.582. The van der Waals surface area contributed by atoms with E-state index in [1.54, 1.807) is 6.92 Å². The van der Waals surface area contributed by atoms with Crippen LogP contribution in [0.5, 0.6) is 0 Å². The van der Waals surface area contributed by atoms with Crippen LogP contribution in [0.4, 0.5) is 0 Å². The summed E-state index contributed by atoms with van der Waals surface area (Å²) >= 11 is 0. The third kappa shape index (κ3) is 6.79. The number of aryl methyl sites for hydroxylation is 1. The Bertz CT molecular complexity index is 399. The minimum absolute atomic E-state index is 0.328. The molecule has 0 bridgehead atoms. The van der Waals surface area contributed by atoms with E-state index in [9.17, 15) is 0 Å². The van der Waals surface area contributed by atoms with Gasteiger partial charge in [0.25, 0.3) is 0 Å². The first kappa shape index (κ1) is 15.5. The molecule has 0 saturated heterocycles. The van der Waals surface area contributed by atoms with E-state index in [1.807, 2.05) is 0 Å². The Hall–Kier alpha value is -1.59. The van der Waals surface area contributed by atoms with E-state index < -0.39 is 0 Å². The number of nitrogens with one attached hydrogen (secondary N) is 1. The van der Waals surface area contributed by atoms with Gasteiger partial charge in [0, 0.05) is 13.0 Å². The Morgan fingerprint density at radius 2 is 2.11 bits per heavy atom. The van der Waals surface area contributed by atoms with E-state index in [2.05, 4.69) is 41.2 Å². The van der Waals surface area contributed by atoms with Gasteiger partial charge in [-0.3, -0.25) is 0 Å². The van der Waals surface area contributed by atoms with Crippen molar-refractivity contribution in [3.8, 4) is 0 Å². The maximum atomic E-state index is 5.81. The molecule has 0 aliphatic heterocycles. The zero-order chi connectivity index (χ0) is 14.3. The van der Waals surface area contributed by atoms with Gasteiger partial charge in [-0.25, -0.2) is 4.99 Å². The van der Waals surface area contributed by atoms with Crippen LogP contribution in [-0.4, -0.2) is 22.1 Å². The monoisotopic (exact) mass is 267 g/mol. The van der Waals surface area contributed by atoms with E-state index >= 15 is 0 Å². The van der Waals surface area contributed by atoms with E-state index in [0.29, 0.717) is 30.3 Å². The third-order valence-electron chi connectivity index (χ3n) is 2.77. The van der Waals surface area contributed by atoms with Gasteiger partial charge in [0.2, 0.25) is 5.89 Å². The van der Waals surface area contributed by atoms with E-state index in [1.165, 1.54) is 12.8 Å². The van der Waals surface area contributed by atoms with Crippen molar-refractivity contribution in [2.75, 3.05) is 0 Å². The molecule has 1 unspecified atom stereocenters. The van der Waals surface area contributed by atoms with Crippen LogP contribution in [0.1, 0.15) is 51.7 Å². The van der Waals surface area contributed by atoms with Crippen molar-refractivity contribution in [2.45, 2.75) is 59.5 Å². The standard InChI is InChI=1S/C13H25N5O/c1-9(2)6-5-7-10(3)16-13(14)15-8-12-17-11(4)19-18-12/h9-10H,5-8H2,1-4H3,(H3,14,15,16). The maximum Gasteiger partial charge on any atom is 0.223 e. The molecular formula is C13H25N5O. The fraction of sp³-hybridized carbons (Fsp3) is 0.769. The maximum absolute atomic E-state index is 5.81. The van der Waals surface area contributed by atoms with Gasteiger partial charge in [0.1, 0.15) is 6.54 Å². The molecule has 0 fully saturated rings. The van der Waals surface area contributed by atoms with Gasteiger partial charge in [-0.2, -0.15) is 4.98 Å². The fourth-order valence-corrected chi connectivity index (χ4v) is 1.76. The highest BCUT2D eigenvalue weighted by molar-refractivity contribution is 5.78. The van der Waals surface area contributed by atoms with Gasteiger partial charge in [0.15, 0.2) is 11.8 Å². The predicted molar refractivity (Wildman–Crippen MR) is 75.6 cm³/mol. The summed E-state index contributed by atoms with van der Waals surface area (Å²) in [6, 6.07) is 0.328. The normalized spacial score (nSPS) is 13.8. The second kappa shape index (κ2) is 7.76. The van der Waals surface area contributed by atoms with Gasteiger partial charge in [-0.15, -0.1) is 0 Å². The Balaban J connectivity index is 2.27. The lowest BCUT2D eigenvalue weighted by Crippen LogP contribution is -2.38. The second-order valence-corrected chi connectivity index (χ2v) is 5.30. The molecule has 1 heterocycles. The number of hydrogen-bond donors (Lipinski definition) is 2. The van der Waals surface area contributed by atoms with Crippen LogP contribution >= 0.6 is 0 Å². The molecule has 19 heavy (non-hydrogen) atoms. The summed E-state index contributed by atoms with van der Waals surface area (Å²) in [5.41, 5.74) is 5.81. The fourth-order valence-electron chi connectivity index (χ4n) is 1.76. The van der Waals surface area contributed by atoms with Crippen LogP contribution in [0.2, 0.25) is 0 Å². The van der Waals surface area contributed by atoms with Gasteiger partial charge >= 0.3 is 0 Å². The topological polar surface area (TPSA) is 89.3 Å². The zero-order valence-corrected chi connectivity index (χ0v) is 12.3. The van der Waals surface area contributed by atoms with Crippen molar-refractivity contribution >= 4 is 5.96 Å². The third-order valence-corrected chi connectivity index (χ3v) is 2.77. The van der Waals surface area contributed by atoms with Crippen molar-refractivity contribution in [1.29, 1.82) is 0 Å². The highest BCUT2D eigenvalue weighted by Gasteiger charge is 2.05. The average molecular weight is 267 g/mol. The summed E-state index contributed by atoms with van der Waals surface area (Å²) in [4.78, 5) is 8.25. The van der Waals surface area contributed by atoms with Crippen LogP contribution in [0.3, 0.4) is 0 Å². The van der Waals surface area contributed by atoms with Gasteiger partial charge in [-0.1, -0.05) is 31.8 Å². The van der Waals surface area contributed by atoms with Crippen molar-refractivity contribution in [2.24, 2.45) is 16.6 Å². The molecule has 108 valence electrons. The molecule has 6 heteroatoms. The lowest BCUT2D eigenvalue weighted by atomic mass is 10.0. The number of guanidine groups is 1. The Labute approximate surface area is 114 Å². The van der Waals surface area contributed by atoms with Crippen LogP contribution in [0, 0.1) is 12.8 Å². The summed E-state index contributed by atoms with van der Waals surface area (Å²) in [5, 5.41) is 6.93. The highest BCUT2D eigenvalue weighted by Crippen LogP contribution is 2.08. The van der Waals surface area contributed by atoms with Crippen molar-refractivity contribution < 1.29 is 4.52 Å². The van der Waals surface area contributed by atoms with Gasteiger partial charge in [-0.05, 0) is 19.3 Å². The largest absolute Gasteiger partial charge is 0.370 e. The van der Waals surface area contributed by atoms with Crippen LogP contribution in [-0.2, 0) is 6.54 Å². The van der Waals surface area contributed by atoms with Crippen LogP contribution < -0.4 is 11.1 Å². The summed E-state index contributed by atoms with van der Waals surface area (Å²) in [7, 11) is 0. The Morgan fingerprint density at radius 1 is 1.37 bits per heavy atom. The first-order chi connectivity index (χ1) is 8.97. The van der Waals surface area contributed by atoms with Crippen molar-refractivity contribution in [3.05, 3.63) is 11.7 Å². The molecule has 3 N–H and O–H groups in total. The number of aliphatic imine (C=N–C) groups is 1.